The second-order valence-electron chi connectivity index (χ2n) is 6.89. The second kappa shape index (κ2) is 4.59. The lowest BCUT2D eigenvalue weighted by Gasteiger charge is -2.53. The van der Waals surface area contributed by atoms with Crippen molar-refractivity contribution in [3.8, 4) is 0 Å². The van der Waals surface area contributed by atoms with Gasteiger partial charge in [-0.1, -0.05) is 31.0 Å². The average Bonchev–Trinajstić information content (AvgIpc) is 2.90. The first-order chi connectivity index (χ1) is 9.74. The van der Waals surface area contributed by atoms with Crippen molar-refractivity contribution in [3.05, 3.63) is 35.4 Å². The molecule has 20 heavy (non-hydrogen) atoms. The number of nitrogens with one attached hydrogen (secondary N) is 1. The highest BCUT2D eigenvalue weighted by Crippen LogP contribution is 2.33. The molecule has 2 heterocycles. The van der Waals surface area contributed by atoms with E-state index in [4.69, 9.17) is 0 Å². The highest BCUT2D eigenvalue weighted by atomic mass is 16.2. The van der Waals surface area contributed by atoms with Crippen LogP contribution >= 0.6 is 0 Å². The molecule has 2 fully saturated rings. The van der Waals surface area contributed by atoms with E-state index in [0.717, 1.165) is 31.0 Å². The third-order valence-electron chi connectivity index (χ3n) is 5.21. The van der Waals surface area contributed by atoms with Crippen LogP contribution in [-0.4, -0.2) is 36.0 Å². The highest BCUT2D eigenvalue weighted by Gasteiger charge is 2.47. The smallest absolute Gasteiger partial charge is 0.252 e. The van der Waals surface area contributed by atoms with Crippen molar-refractivity contribution in [1.82, 2.24) is 10.2 Å². The quantitative estimate of drug-likeness (QED) is 0.893. The molecule has 2 aliphatic heterocycles. The van der Waals surface area contributed by atoms with Crippen LogP contribution in [0.4, 0.5) is 0 Å². The summed E-state index contributed by atoms with van der Waals surface area (Å²) >= 11 is 0. The van der Waals surface area contributed by atoms with E-state index in [1.165, 1.54) is 37.8 Å². The minimum Gasteiger partial charge on any atom is -0.344 e. The van der Waals surface area contributed by atoms with Gasteiger partial charge in [0.05, 0.1) is 5.54 Å². The van der Waals surface area contributed by atoms with Crippen LogP contribution in [0.2, 0.25) is 0 Å². The van der Waals surface area contributed by atoms with Crippen LogP contribution in [0.15, 0.2) is 24.3 Å². The monoisotopic (exact) mass is 270 g/mol. The minimum absolute atomic E-state index is 0.0179. The zero-order valence-electron chi connectivity index (χ0n) is 11.9. The van der Waals surface area contributed by atoms with E-state index in [1.54, 1.807) is 0 Å². The number of amides is 1. The summed E-state index contributed by atoms with van der Waals surface area (Å²) in [6.45, 7) is 3.30. The number of nitrogens with zero attached hydrogens (tertiary/aromatic N) is 1. The van der Waals surface area contributed by atoms with E-state index in [1.807, 2.05) is 18.2 Å². The molecule has 1 spiro atoms. The first-order valence-electron chi connectivity index (χ1n) is 7.87. The molecule has 1 N–H and O–H groups in total. The normalized spacial score (nSPS) is 25.3. The van der Waals surface area contributed by atoms with Crippen molar-refractivity contribution in [3.63, 3.8) is 0 Å². The lowest BCUT2D eigenvalue weighted by molar-refractivity contribution is 0.0236. The molecule has 4 rings (SSSR count). The Hall–Kier alpha value is -1.35. The van der Waals surface area contributed by atoms with E-state index in [0.29, 0.717) is 0 Å². The lowest BCUT2D eigenvalue weighted by Crippen LogP contribution is -2.73. The molecule has 1 aromatic rings. The van der Waals surface area contributed by atoms with Gasteiger partial charge in [0.2, 0.25) is 0 Å². The molecule has 0 atom stereocenters. The maximum atomic E-state index is 12.2. The number of carbonyl (C=O) groups excluding carboxylic acids is 1. The van der Waals surface area contributed by atoms with Crippen molar-refractivity contribution in [2.45, 2.75) is 37.6 Å². The average molecular weight is 270 g/mol. The molecular weight excluding hydrogens is 248 g/mol. The Morgan fingerprint density at radius 1 is 1.20 bits per heavy atom. The SMILES string of the molecule is O=C1NC2(Cc3ccccc31)CN(CC1CCCC1)C2. The van der Waals surface area contributed by atoms with E-state index >= 15 is 0 Å². The number of rotatable bonds is 2. The molecule has 3 aliphatic rings. The fourth-order valence-corrected chi connectivity index (χ4v) is 4.30. The van der Waals surface area contributed by atoms with Crippen LogP contribution in [0.5, 0.6) is 0 Å². The van der Waals surface area contributed by atoms with E-state index in [2.05, 4.69) is 16.3 Å². The summed E-state index contributed by atoms with van der Waals surface area (Å²) in [7, 11) is 0. The first-order valence-corrected chi connectivity index (χ1v) is 7.87. The summed E-state index contributed by atoms with van der Waals surface area (Å²) in [6, 6.07) is 8.03. The molecule has 1 amide bonds. The molecule has 3 heteroatoms. The number of benzene rings is 1. The zero-order chi connectivity index (χ0) is 13.6. The fourth-order valence-electron chi connectivity index (χ4n) is 4.30. The van der Waals surface area contributed by atoms with Gasteiger partial charge in [-0.05, 0) is 36.8 Å². The Labute approximate surface area is 120 Å². The molecule has 1 saturated carbocycles. The van der Waals surface area contributed by atoms with Gasteiger partial charge in [0, 0.05) is 25.2 Å². The van der Waals surface area contributed by atoms with E-state index in [9.17, 15) is 4.79 Å². The van der Waals surface area contributed by atoms with Crippen molar-refractivity contribution in [2.75, 3.05) is 19.6 Å². The van der Waals surface area contributed by atoms with Crippen molar-refractivity contribution < 1.29 is 4.79 Å². The summed E-state index contributed by atoms with van der Waals surface area (Å²) in [5.74, 6) is 1.02. The summed E-state index contributed by atoms with van der Waals surface area (Å²) in [5.41, 5.74) is 2.11. The highest BCUT2D eigenvalue weighted by molar-refractivity contribution is 5.97. The summed E-state index contributed by atoms with van der Waals surface area (Å²) in [6.07, 6.45) is 6.62. The molecule has 3 nitrogen and oxygen atoms in total. The largest absolute Gasteiger partial charge is 0.344 e. The van der Waals surface area contributed by atoms with Crippen molar-refractivity contribution >= 4 is 5.91 Å². The molecule has 0 unspecified atom stereocenters. The van der Waals surface area contributed by atoms with Gasteiger partial charge in [-0.2, -0.15) is 0 Å². The Morgan fingerprint density at radius 2 is 1.95 bits per heavy atom. The Balaban J connectivity index is 1.43. The van der Waals surface area contributed by atoms with Crippen LogP contribution < -0.4 is 5.32 Å². The minimum atomic E-state index is 0.0179. The molecular formula is C17H22N2O. The number of likely N-dealkylation sites (tertiary alicyclic amines) is 1. The topological polar surface area (TPSA) is 32.3 Å². The molecule has 1 saturated heterocycles. The lowest BCUT2D eigenvalue weighted by atomic mass is 9.78. The van der Waals surface area contributed by atoms with Crippen molar-refractivity contribution in [1.29, 1.82) is 0 Å². The Morgan fingerprint density at radius 3 is 2.75 bits per heavy atom. The van der Waals surface area contributed by atoms with Gasteiger partial charge in [0.15, 0.2) is 0 Å². The number of hydrogen-bond donors (Lipinski definition) is 1. The second-order valence-corrected chi connectivity index (χ2v) is 6.89. The van der Waals surface area contributed by atoms with E-state index < -0.39 is 0 Å². The summed E-state index contributed by atoms with van der Waals surface area (Å²) < 4.78 is 0. The van der Waals surface area contributed by atoms with Gasteiger partial charge < -0.3 is 5.32 Å². The third kappa shape index (κ3) is 2.05. The molecule has 0 aromatic heterocycles. The Kier molecular flexibility index (Phi) is 2.84. The van der Waals surface area contributed by atoms with Gasteiger partial charge in [0.25, 0.3) is 5.91 Å². The molecule has 1 aromatic carbocycles. The van der Waals surface area contributed by atoms with Gasteiger partial charge in [-0.25, -0.2) is 0 Å². The predicted octanol–water partition coefficient (Wildman–Crippen LogP) is 2.22. The van der Waals surface area contributed by atoms with Crippen molar-refractivity contribution in [2.24, 2.45) is 5.92 Å². The predicted molar refractivity (Wildman–Crippen MR) is 78.7 cm³/mol. The van der Waals surface area contributed by atoms with Crippen LogP contribution in [0.25, 0.3) is 0 Å². The maximum Gasteiger partial charge on any atom is 0.252 e. The van der Waals surface area contributed by atoms with Gasteiger partial charge in [-0.15, -0.1) is 0 Å². The number of fused-ring (bicyclic) bond motifs is 1. The summed E-state index contributed by atoms with van der Waals surface area (Å²) in [5, 5.41) is 3.26. The third-order valence-corrected chi connectivity index (χ3v) is 5.21. The molecule has 0 bridgehead atoms. The molecule has 106 valence electrons. The number of carbonyl (C=O) groups is 1. The first kappa shape index (κ1) is 12.4. The number of hydrogen-bond acceptors (Lipinski definition) is 2. The molecule has 1 aliphatic carbocycles. The van der Waals surface area contributed by atoms with Gasteiger partial charge in [-0.3, -0.25) is 9.69 Å². The fraction of sp³-hybridized carbons (Fsp3) is 0.588. The standard InChI is InChI=1S/C17H22N2O/c20-16-15-8-4-3-7-14(15)9-17(18-16)11-19(12-17)10-13-5-1-2-6-13/h3-4,7-8,13H,1-2,5-6,9-12H2,(H,18,20). The van der Waals surface area contributed by atoms with Gasteiger partial charge in [0.1, 0.15) is 0 Å². The Bertz CT molecular complexity index is 528. The zero-order valence-corrected chi connectivity index (χ0v) is 11.9. The van der Waals surface area contributed by atoms with E-state index in [-0.39, 0.29) is 11.4 Å². The van der Waals surface area contributed by atoms with Gasteiger partial charge >= 0.3 is 0 Å². The van der Waals surface area contributed by atoms with Crippen LogP contribution in [0, 0.1) is 5.92 Å². The summed E-state index contributed by atoms with van der Waals surface area (Å²) in [4.78, 5) is 14.7. The maximum absolute atomic E-state index is 12.2. The molecule has 0 radical (unpaired) electrons. The van der Waals surface area contributed by atoms with Crippen LogP contribution in [0.1, 0.15) is 41.6 Å². The van der Waals surface area contributed by atoms with Crippen LogP contribution in [0.3, 0.4) is 0 Å². The van der Waals surface area contributed by atoms with Crippen LogP contribution in [-0.2, 0) is 6.42 Å².